The first kappa shape index (κ1) is 36.1. The summed E-state index contributed by atoms with van der Waals surface area (Å²) in [5.74, 6) is -4.04. The van der Waals surface area contributed by atoms with E-state index in [1.165, 1.54) is 23.5 Å². The van der Waals surface area contributed by atoms with Crippen LogP contribution in [0.5, 0.6) is 0 Å². The molecule has 254 valence electrons. The molecule has 2 amide bonds. The molecular weight excluding hydrogens is 673 g/mol. The van der Waals surface area contributed by atoms with Crippen molar-refractivity contribution in [1.82, 2.24) is 15.6 Å². The first-order valence-electron chi connectivity index (χ1n) is 14.7. The molecule has 1 aliphatic heterocycles. The van der Waals surface area contributed by atoms with Gasteiger partial charge in [0.2, 0.25) is 5.69 Å². The normalized spacial score (nSPS) is 14.3. The Morgan fingerprint density at radius 3 is 2.17 bits per heavy atom. The van der Waals surface area contributed by atoms with E-state index >= 15 is 0 Å². The van der Waals surface area contributed by atoms with Crippen molar-refractivity contribution < 1.29 is 50.0 Å². The van der Waals surface area contributed by atoms with Gasteiger partial charge < -0.3 is 20.3 Å². The van der Waals surface area contributed by atoms with E-state index in [4.69, 9.17) is 9.66 Å². The predicted octanol–water partition coefficient (Wildman–Crippen LogP) is 2.90. The zero-order valence-corrected chi connectivity index (χ0v) is 28.5. The average molecular weight is 709 g/mol. The maximum absolute atomic E-state index is 13.1. The second-order valence-electron chi connectivity index (χ2n) is 11.7. The van der Waals surface area contributed by atoms with E-state index in [1.54, 1.807) is 0 Å². The van der Waals surface area contributed by atoms with Crippen LogP contribution in [-0.4, -0.2) is 95.2 Å². The molecule has 0 saturated carbocycles. The number of benzene rings is 1. The molecule has 0 spiro atoms. The lowest BCUT2D eigenvalue weighted by Gasteiger charge is -2.17. The Morgan fingerprint density at radius 2 is 1.60 bits per heavy atom. The van der Waals surface area contributed by atoms with Gasteiger partial charge in [-0.25, -0.2) is 13.4 Å². The van der Waals surface area contributed by atoms with Gasteiger partial charge >= 0.3 is 5.97 Å². The highest BCUT2D eigenvalue weighted by Crippen LogP contribution is 2.48. The minimum atomic E-state index is -4.60. The lowest BCUT2D eigenvalue weighted by atomic mass is 9.80. The van der Waals surface area contributed by atoms with Crippen molar-refractivity contribution >= 4 is 70.8 Å². The minimum Gasteiger partial charge on any atom is -0.748 e. The Hall–Kier alpha value is -3.77. The highest BCUT2D eigenvalue weighted by atomic mass is 32.2. The average Bonchev–Trinajstić information content (AvgIpc) is 3.52. The maximum Gasteiger partial charge on any atom is 0.303 e. The summed E-state index contributed by atoms with van der Waals surface area (Å²) in [7, 11) is -8.96. The molecule has 0 saturated heterocycles. The smallest absolute Gasteiger partial charge is 0.303 e. The molecule has 0 fully saturated rings. The number of carbonyl (C=O) groups is 3. The second kappa shape index (κ2) is 14.1. The number of rotatable bonds is 15. The number of thiophene rings is 1. The van der Waals surface area contributed by atoms with Crippen LogP contribution in [0.4, 0.5) is 5.69 Å². The molecule has 17 heteroatoms. The molecule has 3 heterocycles. The van der Waals surface area contributed by atoms with Crippen molar-refractivity contribution in [1.29, 1.82) is 0 Å². The maximum atomic E-state index is 13.1. The van der Waals surface area contributed by atoms with Crippen molar-refractivity contribution in [3.8, 4) is 11.1 Å². The minimum absolute atomic E-state index is 0.118. The Kier molecular flexibility index (Phi) is 10.9. The van der Waals surface area contributed by atoms with Crippen LogP contribution < -0.4 is 10.6 Å². The molecule has 0 bridgehead atoms. The number of nitrogens with one attached hydrogen (secondary N) is 2. The second-order valence-corrected chi connectivity index (χ2v) is 15.7. The predicted molar refractivity (Wildman–Crippen MR) is 175 cm³/mol. The topological polar surface area (TPSA) is 223 Å². The summed E-state index contributed by atoms with van der Waals surface area (Å²) >= 11 is 1.46. The number of hydrogen-bond donors (Lipinski definition) is 4. The first-order chi connectivity index (χ1) is 21.9. The number of carbonyl (C=O) groups excluding carboxylic acids is 2. The van der Waals surface area contributed by atoms with Crippen molar-refractivity contribution in [2.24, 2.45) is 0 Å². The van der Waals surface area contributed by atoms with Crippen molar-refractivity contribution in [3.63, 3.8) is 0 Å². The van der Waals surface area contributed by atoms with Crippen LogP contribution in [-0.2, 0) is 30.4 Å². The number of nitrogens with zero attached hydrogens (tertiary/aromatic N) is 2. The summed E-state index contributed by atoms with van der Waals surface area (Å²) in [4.78, 5) is 41.2. The van der Waals surface area contributed by atoms with Crippen LogP contribution >= 0.6 is 11.3 Å². The zero-order valence-electron chi connectivity index (χ0n) is 26.0. The number of aliphatic carboxylic acids is 1. The van der Waals surface area contributed by atoms with Gasteiger partial charge in [0.1, 0.15) is 17.9 Å². The third-order valence-electron chi connectivity index (χ3n) is 8.12. The molecule has 2 aromatic heterocycles. The van der Waals surface area contributed by atoms with E-state index in [-0.39, 0.29) is 17.8 Å². The van der Waals surface area contributed by atoms with Crippen molar-refractivity contribution in [2.45, 2.75) is 51.9 Å². The molecule has 14 nitrogen and oxygen atoms in total. The van der Waals surface area contributed by atoms with Gasteiger partial charge in [0.05, 0.1) is 32.4 Å². The first-order valence-corrected chi connectivity index (χ1v) is 18.8. The summed E-state index contributed by atoms with van der Waals surface area (Å²) in [6.45, 7) is 6.04. The fourth-order valence-corrected chi connectivity index (χ4v) is 7.14. The number of carboxylic acids is 1. The summed E-state index contributed by atoms with van der Waals surface area (Å²) in [5, 5.41) is 16.6. The number of amides is 2. The number of hydrogen-bond acceptors (Lipinski definition) is 10. The van der Waals surface area contributed by atoms with Crippen LogP contribution in [0.2, 0.25) is 0 Å². The lowest BCUT2D eigenvalue weighted by molar-refractivity contribution is -0.438. The van der Waals surface area contributed by atoms with Crippen molar-refractivity contribution in [3.05, 3.63) is 46.6 Å². The van der Waals surface area contributed by atoms with Crippen LogP contribution in [0.25, 0.3) is 21.2 Å². The largest absolute Gasteiger partial charge is 0.748 e. The van der Waals surface area contributed by atoms with Crippen LogP contribution in [0.3, 0.4) is 0 Å². The SMILES string of the molecule is CC1=[N+](CCCCCC(=O)O)c2c(cc(-c3cc(C(=O)NCCS(=O)(=O)[O-])nc(C(=O)NCCS(=O)(=O)O)c3)c3sccc23)C1(C)C. The molecule has 0 unspecified atom stereocenters. The van der Waals surface area contributed by atoms with Gasteiger partial charge in [-0.2, -0.15) is 13.0 Å². The standard InChI is InChI=1S/C30H36N4O10S3/c1-18-30(2,3)22-17-21(27-20(8-12-45-27)26(22)34(18)11-6-4-5-7-25(35)36)19-15-23(28(37)31-9-13-46(39,40)41)33-24(16-19)29(38)32-10-14-47(42,43)44/h8,12,15-17H,4-7,9-11,13-14H2,1-3H3,(H4-,31,32,35,36,37,38,39,40,41,42,43,44). The highest BCUT2D eigenvalue weighted by Gasteiger charge is 2.44. The van der Waals surface area contributed by atoms with Crippen molar-refractivity contribution in [2.75, 3.05) is 31.1 Å². The van der Waals surface area contributed by atoms with Gasteiger partial charge in [0.15, 0.2) is 5.71 Å². The molecule has 1 aliphatic rings. The van der Waals surface area contributed by atoms with Crippen LogP contribution in [0.1, 0.15) is 73.0 Å². The summed E-state index contributed by atoms with van der Waals surface area (Å²) < 4.78 is 67.6. The third-order valence-corrected chi connectivity index (χ3v) is 10.5. The van der Waals surface area contributed by atoms with E-state index in [0.29, 0.717) is 24.1 Å². The molecule has 0 radical (unpaired) electrons. The summed E-state index contributed by atoms with van der Waals surface area (Å²) in [6, 6.07) is 6.91. The zero-order chi connectivity index (χ0) is 34.7. The molecule has 1 aromatic carbocycles. The Morgan fingerprint density at radius 1 is 0.979 bits per heavy atom. The fourth-order valence-electron chi connectivity index (χ4n) is 5.49. The van der Waals surface area contributed by atoms with Gasteiger partial charge in [-0.1, -0.05) is 0 Å². The van der Waals surface area contributed by atoms with Crippen LogP contribution in [0.15, 0.2) is 29.6 Å². The number of unbranched alkanes of at least 4 members (excludes halogenated alkanes) is 2. The Labute approximate surface area is 276 Å². The van der Waals surface area contributed by atoms with E-state index in [2.05, 4.69) is 41.0 Å². The van der Waals surface area contributed by atoms with E-state index in [0.717, 1.165) is 39.9 Å². The van der Waals surface area contributed by atoms with Gasteiger partial charge in [-0.05, 0) is 61.9 Å². The molecule has 0 atom stereocenters. The Balaban J connectivity index is 1.78. The summed E-state index contributed by atoms with van der Waals surface area (Å²) in [5.41, 5.74) is 3.41. The monoisotopic (exact) mass is 708 g/mol. The van der Waals surface area contributed by atoms with Gasteiger partial charge in [0.25, 0.3) is 21.9 Å². The summed E-state index contributed by atoms with van der Waals surface area (Å²) in [6.07, 6.45) is 2.25. The lowest BCUT2D eigenvalue weighted by Crippen LogP contribution is -2.32. The third kappa shape index (κ3) is 8.78. The van der Waals surface area contributed by atoms with E-state index < -0.39 is 68.0 Å². The molecule has 3 aromatic rings. The number of aromatic nitrogens is 1. The molecule has 4 rings (SSSR count). The van der Waals surface area contributed by atoms with Gasteiger partial charge in [-0.3, -0.25) is 18.9 Å². The van der Waals surface area contributed by atoms with Crippen LogP contribution in [0, 0.1) is 0 Å². The fraction of sp³-hybridized carbons (Fsp3) is 0.433. The highest BCUT2D eigenvalue weighted by molar-refractivity contribution is 7.86. The quantitative estimate of drug-likeness (QED) is 0.102. The molecule has 0 aliphatic carbocycles. The molecular formula is C30H36N4O10S3. The number of carboxylic acid groups (broad SMARTS) is 1. The van der Waals surface area contributed by atoms with Gasteiger partial charge in [-0.15, -0.1) is 11.3 Å². The molecule has 47 heavy (non-hydrogen) atoms. The molecule has 4 N–H and O–H groups in total. The number of pyridine rings is 1. The van der Waals surface area contributed by atoms with Gasteiger partial charge in [0, 0.05) is 48.7 Å². The Bertz CT molecular complexity index is 1920. The van der Waals surface area contributed by atoms with E-state index in [9.17, 15) is 35.8 Å². The van der Waals surface area contributed by atoms with E-state index in [1.807, 2.05) is 17.5 Å². The number of fused-ring (bicyclic) bond motifs is 3.